The van der Waals surface area contributed by atoms with Gasteiger partial charge in [-0.25, -0.2) is 4.98 Å². The van der Waals surface area contributed by atoms with Crippen LogP contribution in [0.2, 0.25) is 0 Å². The summed E-state index contributed by atoms with van der Waals surface area (Å²) < 4.78 is 5.37. The summed E-state index contributed by atoms with van der Waals surface area (Å²) in [4.78, 5) is 32.1. The standard InChI is InChI=1S/C23H30N4O3/c1-3-17(2)21(26-22(28)19-7-5-4-6-8-19)23(29)25-16-18-9-10-20(24-15-18)27-11-13-30-14-12-27/h4-10,15,17,21H,3,11-14,16H2,1-2H3,(H,25,29)(H,26,28)/t17-,21-/m0/s1. The van der Waals surface area contributed by atoms with Crippen LogP contribution in [0.25, 0.3) is 0 Å². The van der Waals surface area contributed by atoms with Crippen molar-refractivity contribution in [3.8, 4) is 0 Å². The molecule has 0 aliphatic carbocycles. The molecule has 7 nitrogen and oxygen atoms in total. The van der Waals surface area contributed by atoms with Gasteiger partial charge in [0.1, 0.15) is 11.9 Å². The first-order valence-electron chi connectivity index (χ1n) is 10.5. The lowest BCUT2D eigenvalue weighted by Gasteiger charge is -2.27. The molecule has 3 rings (SSSR count). The second kappa shape index (κ2) is 10.7. The maximum Gasteiger partial charge on any atom is 0.251 e. The monoisotopic (exact) mass is 410 g/mol. The van der Waals surface area contributed by atoms with Crippen LogP contribution in [0.15, 0.2) is 48.7 Å². The molecule has 1 aliphatic heterocycles. The SMILES string of the molecule is CC[C@H](C)[C@H](NC(=O)c1ccccc1)C(=O)NCc1ccc(N2CCOCC2)nc1. The van der Waals surface area contributed by atoms with Crippen LogP contribution in [-0.2, 0) is 16.1 Å². The van der Waals surface area contributed by atoms with Crippen molar-refractivity contribution in [1.82, 2.24) is 15.6 Å². The van der Waals surface area contributed by atoms with E-state index < -0.39 is 6.04 Å². The molecule has 160 valence electrons. The van der Waals surface area contributed by atoms with E-state index in [1.54, 1.807) is 30.5 Å². The zero-order valence-electron chi connectivity index (χ0n) is 17.6. The van der Waals surface area contributed by atoms with Crippen molar-refractivity contribution in [3.05, 3.63) is 59.8 Å². The van der Waals surface area contributed by atoms with E-state index in [1.807, 2.05) is 32.0 Å². The third-order valence-corrected chi connectivity index (χ3v) is 5.43. The first kappa shape index (κ1) is 21.8. The quantitative estimate of drug-likeness (QED) is 0.698. The van der Waals surface area contributed by atoms with Crippen molar-refractivity contribution in [2.45, 2.75) is 32.9 Å². The first-order chi connectivity index (χ1) is 14.6. The molecule has 1 saturated heterocycles. The molecule has 2 amide bonds. The number of pyridine rings is 1. The van der Waals surface area contributed by atoms with Crippen molar-refractivity contribution in [3.63, 3.8) is 0 Å². The highest BCUT2D eigenvalue weighted by molar-refractivity contribution is 5.97. The molecule has 0 spiro atoms. The van der Waals surface area contributed by atoms with Gasteiger partial charge < -0.3 is 20.3 Å². The van der Waals surface area contributed by atoms with E-state index >= 15 is 0 Å². The predicted octanol–water partition coefficient (Wildman–Crippen LogP) is 2.38. The van der Waals surface area contributed by atoms with Gasteiger partial charge in [-0.1, -0.05) is 44.5 Å². The molecule has 1 aliphatic rings. The molecule has 1 aromatic heterocycles. The average Bonchev–Trinajstić information content (AvgIpc) is 2.81. The van der Waals surface area contributed by atoms with Gasteiger partial charge in [0, 0.05) is 31.4 Å². The predicted molar refractivity (Wildman–Crippen MR) is 116 cm³/mol. The van der Waals surface area contributed by atoms with Gasteiger partial charge in [0.25, 0.3) is 5.91 Å². The van der Waals surface area contributed by atoms with E-state index in [9.17, 15) is 9.59 Å². The van der Waals surface area contributed by atoms with E-state index in [-0.39, 0.29) is 17.7 Å². The third kappa shape index (κ3) is 5.79. The molecule has 2 heterocycles. The number of aromatic nitrogens is 1. The number of hydrogen-bond donors (Lipinski definition) is 2. The highest BCUT2D eigenvalue weighted by atomic mass is 16.5. The van der Waals surface area contributed by atoms with Crippen LogP contribution >= 0.6 is 0 Å². The van der Waals surface area contributed by atoms with Crippen molar-refractivity contribution in [2.75, 3.05) is 31.2 Å². The number of carbonyl (C=O) groups is 2. The first-order valence-corrected chi connectivity index (χ1v) is 10.5. The van der Waals surface area contributed by atoms with E-state index in [0.717, 1.165) is 30.9 Å². The Morgan fingerprint density at radius 2 is 1.87 bits per heavy atom. The number of ether oxygens (including phenoxy) is 1. The molecule has 7 heteroatoms. The number of rotatable bonds is 8. The van der Waals surface area contributed by atoms with Gasteiger partial charge >= 0.3 is 0 Å². The Morgan fingerprint density at radius 3 is 2.50 bits per heavy atom. The fourth-order valence-electron chi connectivity index (χ4n) is 3.32. The Hall–Kier alpha value is -2.93. The summed E-state index contributed by atoms with van der Waals surface area (Å²) in [5, 5.41) is 5.83. The van der Waals surface area contributed by atoms with Crippen LogP contribution in [0.5, 0.6) is 0 Å². The molecule has 0 bridgehead atoms. The van der Waals surface area contributed by atoms with Crippen molar-refractivity contribution in [2.24, 2.45) is 5.92 Å². The molecule has 0 unspecified atom stereocenters. The maximum absolute atomic E-state index is 12.8. The number of nitrogens with one attached hydrogen (secondary N) is 2. The number of amides is 2. The molecular formula is C23H30N4O3. The van der Waals surface area contributed by atoms with Crippen LogP contribution in [0.3, 0.4) is 0 Å². The number of carbonyl (C=O) groups excluding carboxylic acids is 2. The minimum absolute atomic E-state index is 0.0134. The molecule has 0 radical (unpaired) electrons. The smallest absolute Gasteiger partial charge is 0.251 e. The second-order valence-electron chi connectivity index (χ2n) is 7.54. The minimum atomic E-state index is -0.594. The van der Waals surface area contributed by atoms with Crippen molar-refractivity contribution >= 4 is 17.6 Å². The largest absolute Gasteiger partial charge is 0.378 e. The van der Waals surface area contributed by atoms with Crippen LogP contribution in [-0.4, -0.2) is 49.1 Å². The number of anilines is 1. The lowest BCUT2D eigenvalue weighted by atomic mass is 9.97. The second-order valence-corrected chi connectivity index (χ2v) is 7.54. The molecular weight excluding hydrogens is 380 g/mol. The third-order valence-electron chi connectivity index (χ3n) is 5.43. The Bertz CT molecular complexity index is 820. The van der Waals surface area contributed by atoms with Crippen LogP contribution < -0.4 is 15.5 Å². The van der Waals surface area contributed by atoms with Gasteiger partial charge in [-0.2, -0.15) is 0 Å². The summed E-state index contributed by atoms with van der Waals surface area (Å²) in [7, 11) is 0. The van der Waals surface area contributed by atoms with E-state index in [4.69, 9.17) is 4.74 Å². The van der Waals surface area contributed by atoms with Crippen molar-refractivity contribution < 1.29 is 14.3 Å². The number of nitrogens with zero attached hydrogens (tertiary/aromatic N) is 2. The molecule has 2 atom stereocenters. The summed E-state index contributed by atoms with van der Waals surface area (Å²) in [6.45, 7) is 7.43. The van der Waals surface area contributed by atoms with Crippen LogP contribution in [0.4, 0.5) is 5.82 Å². The normalized spacial score (nSPS) is 15.9. The van der Waals surface area contributed by atoms with Gasteiger partial charge in [0.15, 0.2) is 0 Å². The van der Waals surface area contributed by atoms with Crippen LogP contribution in [0.1, 0.15) is 36.2 Å². The van der Waals surface area contributed by atoms with E-state index in [2.05, 4.69) is 20.5 Å². The molecule has 30 heavy (non-hydrogen) atoms. The molecule has 2 N–H and O–H groups in total. The fraction of sp³-hybridized carbons (Fsp3) is 0.435. The molecule has 0 saturated carbocycles. The molecule has 2 aromatic rings. The van der Waals surface area contributed by atoms with Gasteiger partial charge in [-0.15, -0.1) is 0 Å². The Kier molecular flexibility index (Phi) is 7.79. The Morgan fingerprint density at radius 1 is 1.13 bits per heavy atom. The topological polar surface area (TPSA) is 83.6 Å². The van der Waals surface area contributed by atoms with Gasteiger partial charge in [0.05, 0.1) is 13.2 Å². The summed E-state index contributed by atoms with van der Waals surface area (Å²) in [6.07, 6.45) is 2.56. The summed E-state index contributed by atoms with van der Waals surface area (Å²) >= 11 is 0. The highest BCUT2D eigenvalue weighted by Crippen LogP contribution is 2.14. The lowest BCUT2D eigenvalue weighted by molar-refractivity contribution is -0.124. The minimum Gasteiger partial charge on any atom is -0.378 e. The Labute approximate surface area is 177 Å². The highest BCUT2D eigenvalue weighted by Gasteiger charge is 2.26. The summed E-state index contributed by atoms with van der Waals surface area (Å²) in [6, 6.07) is 12.3. The van der Waals surface area contributed by atoms with E-state index in [0.29, 0.717) is 25.3 Å². The summed E-state index contributed by atoms with van der Waals surface area (Å²) in [5.41, 5.74) is 1.46. The lowest BCUT2D eigenvalue weighted by Crippen LogP contribution is -2.50. The zero-order valence-corrected chi connectivity index (χ0v) is 17.6. The average molecular weight is 411 g/mol. The number of morpholine rings is 1. The van der Waals surface area contributed by atoms with Gasteiger partial charge in [0.2, 0.25) is 5.91 Å². The Balaban J connectivity index is 1.58. The van der Waals surface area contributed by atoms with Gasteiger partial charge in [-0.05, 0) is 29.7 Å². The summed E-state index contributed by atoms with van der Waals surface area (Å²) in [5.74, 6) is 0.499. The maximum atomic E-state index is 12.8. The number of hydrogen-bond acceptors (Lipinski definition) is 5. The van der Waals surface area contributed by atoms with Crippen molar-refractivity contribution in [1.29, 1.82) is 0 Å². The van der Waals surface area contributed by atoms with E-state index in [1.165, 1.54) is 0 Å². The fourth-order valence-corrected chi connectivity index (χ4v) is 3.32. The van der Waals surface area contributed by atoms with Crippen LogP contribution in [0, 0.1) is 5.92 Å². The zero-order chi connectivity index (χ0) is 21.3. The molecule has 1 fully saturated rings. The molecule has 1 aromatic carbocycles. The number of benzene rings is 1. The van der Waals surface area contributed by atoms with Gasteiger partial charge in [-0.3, -0.25) is 9.59 Å².